The Kier molecular flexibility index (Phi) is 4.56. The van der Waals surface area contributed by atoms with Crippen LogP contribution in [0.15, 0.2) is 27.6 Å². The number of primary sulfonamides is 1. The molecule has 19 heavy (non-hydrogen) atoms. The molecule has 1 rings (SSSR count). The number of benzene rings is 1. The summed E-state index contributed by atoms with van der Waals surface area (Å²) in [7, 11) is -5.74. The van der Waals surface area contributed by atoms with Crippen LogP contribution in [0.5, 0.6) is 5.75 Å². The Morgan fingerprint density at radius 1 is 1.26 bits per heavy atom. The van der Waals surface area contributed by atoms with E-state index in [9.17, 15) is 8.42 Å². The highest BCUT2D eigenvalue weighted by molar-refractivity contribution is 9.10. The molecule has 0 radical (unpaired) electrons. The summed E-state index contributed by atoms with van der Waals surface area (Å²) in [5.74, 6) is 0.526. The van der Waals surface area contributed by atoms with Crippen LogP contribution < -0.4 is 9.56 Å². The van der Waals surface area contributed by atoms with Gasteiger partial charge in [-0.25, -0.2) is 13.6 Å². The second-order valence-electron chi connectivity index (χ2n) is 6.00. The number of hydrogen-bond acceptors (Lipinski definition) is 3. The summed E-state index contributed by atoms with van der Waals surface area (Å²) in [6.07, 6.45) is 0. The Labute approximate surface area is 124 Å². The predicted octanol–water partition coefficient (Wildman–Crippen LogP) is 3.48. The van der Waals surface area contributed by atoms with Crippen LogP contribution in [-0.4, -0.2) is 16.7 Å². The standard InChI is InChI=1S/C12H20BrNO3SSi/c1-12(2,3)19(4,5)17-11-8-9(18(14,15)16)6-7-10(11)13/h6-8H,1-5H3,(H2,14,15,16). The van der Waals surface area contributed by atoms with Gasteiger partial charge in [0.1, 0.15) is 5.75 Å². The molecule has 0 unspecified atom stereocenters. The lowest BCUT2D eigenvalue weighted by molar-refractivity contribution is 0.488. The zero-order valence-electron chi connectivity index (χ0n) is 11.8. The average molecular weight is 366 g/mol. The molecule has 0 fully saturated rings. The number of nitrogens with two attached hydrogens (primary N) is 1. The molecule has 1 aromatic carbocycles. The Balaban J connectivity index is 3.22. The lowest BCUT2D eigenvalue weighted by Crippen LogP contribution is -2.44. The van der Waals surface area contributed by atoms with Crippen molar-refractivity contribution >= 4 is 34.3 Å². The first kappa shape index (κ1) is 16.7. The van der Waals surface area contributed by atoms with Crippen LogP contribution in [0.4, 0.5) is 0 Å². The van der Waals surface area contributed by atoms with E-state index < -0.39 is 18.3 Å². The van der Waals surface area contributed by atoms with E-state index >= 15 is 0 Å². The summed E-state index contributed by atoms with van der Waals surface area (Å²) >= 11 is 3.38. The molecule has 0 amide bonds. The fourth-order valence-corrected chi connectivity index (χ4v) is 3.20. The molecule has 0 aliphatic rings. The molecule has 4 nitrogen and oxygen atoms in total. The number of hydrogen-bond donors (Lipinski definition) is 1. The first-order valence-corrected chi connectivity index (χ1v) is 11.1. The van der Waals surface area contributed by atoms with Crippen LogP contribution in [0.25, 0.3) is 0 Å². The average Bonchev–Trinajstić information content (AvgIpc) is 2.17. The SMILES string of the molecule is CC(C)(C)[Si](C)(C)Oc1cc(S(N)(=O)=O)ccc1Br. The van der Waals surface area contributed by atoms with Crippen molar-refractivity contribution in [3.63, 3.8) is 0 Å². The fourth-order valence-electron chi connectivity index (χ4n) is 1.17. The van der Waals surface area contributed by atoms with Gasteiger partial charge in [-0.15, -0.1) is 0 Å². The highest BCUT2D eigenvalue weighted by Crippen LogP contribution is 2.39. The number of halogens is 1. The van der Waals surface area contributed by atoms with Crippen molar-refractivity contribution in [2.45, 2.75) is 43.8 Å². The van der Waals surface area contributed by atoms with E-state index in [2.05, 4.69) is 49.8 Å². The lowest BCUT2D eigenvalue weighted by atomic mass is 10.2. The van der Waals surface area contributed by atoms with E-state index in [1.807, 2.05) is 0 Å². The zero-order valence-corrected chi connectivity index (χ0v) is 15.2. The monoisotopic (exact) mass is 365 g/mol. The molecule has 0 atom stereocenters. The summed E-state index contributed by atoms with van der Waals surface area (Å²) in [5, 5.41) is 5.17. The van der Waals surface area contributed by atoms with E-state index in [1.165, 1.54) is 12.1 Å². The molecular formula is C12H20BrNO3SSi. The molecule has 0 aliphatic carbocycles. The van der Waals surface area contributed by atoms with Crippen molar-refractivity contribution in [2.75, 3.05) is 0 Å². The van der Waals surface area contributed by atoms with E-state index in [0.29, 0.717) is 5.75 Å². The molecule has 0 bridgehead atoms. The highest BCUT2D eigenvalue weighted by atomic mass is 79.9. The minimum absolute atomic E-state index is 0.0318. The van der Waals surface area contributed by atoms with E-state index in [0.717, 1.165) is 4.47 Å². The van der Waals surface area contributed by atoms with Crippen LogP contribution in [0.1, 0.15) is 20.8 Å². The molecule has 0 saturated carbocycles. The summed E-state index contributed by atoms with van der Waals surface area (Å²) in [6.45, 7) is 10.6. The van der Waals surface area contributed by atoms with Gasteiger partial charge in [0.05, 0.1) is 9.37 Å². The van der Waals surface area contributed by atoms with Gasteiger partial charge in [-0.3, -0.25) is 0 Å². The van der Waals surface area contributed by atoms with Crippen molar-refractivity contribution in [3.8, 4) is 5.75 Å². The van der Waals surface area contributed by atoms with Crippen LogP contribution in [0.3, 0.4) is 0 Å². The van der Waals surface area contributed by atoms with Gasteiger partial charge in [-0.2, -0.15) is 0 Å². The smallest absolute Gasteiger partial charge is 0.250 e. The van der Waals surface area contributed by atoms with Gasteiger partial charge in [-0.05, 0) is 52.3 Å². The maximum absolute atomic E-state index is 11.4. The highest BCUT2D eigenvalue weighted by Gasteiger charge is 2.39. The molecule has 108 valence electrons. The molecule has 0 aliphatic heterocycles. The summed E-state index contributed by atoms with van der Waals surface area (Å²) in [6, 6.07) is 4.57. The Hall–Kier alpha value is -0.373. The fraction of sp³-hybridized carbons (Fsp3) is 0.500. The lowest BCUT2D eigenvalue weighted by Gasteiger charge is -2.36. The maximum Gasteiger partial charge on any atom is 0.250 e. The Bertz CT molecular complexity index is 579. The minimum atomic E-state index is -3.72. The van der Waals surface area contributed by atoms with Crippen LogP contribution in [0, 0.1) is 0 Å². The Morgan fingerprint density at radius 3 is 2.21 bits per heavy atom. The molecule has 2 N–H and O–H groups in total. The topological polar surface area (TPSA) is 69.4 Å². The minimum Gasteiger partial charge on any atom is -0.543 e. The van der Waals surface area contributed by atoms with Crippen LogP contribution >= 0.6 is 15.9 Å². The van der Waals surface area contributed by atoms with Crippen molar-refractivity contribution in [3.05, 3.63) is 22.7 Å². The van der Waals surface area contributed by atoms with E-state index in [1.54, 1.807) is 6.07 Å². The van der Waals surface area contributed by atoms with Gasteiger partial charge in [0.25, 0.3) is 8.32 Å². The predicted molar refractivity (Wildman–Crippen MR) is 83.3 cm³/mol. The van der Waals surface area contributed by atoms with Crippen molar-refractivity contribution < 1.29 is 12.8 Å². The first-order chi connectivity index (χ1) is 8.34. The number of rotatable bonds is 3. The van der Waals surface area contributed by atoms with Gasteiger partial charge < -0.3 is 4.43 Å². The van der Waals surface area contributed by atoms with E-state index in [4.69, 9.17) is 9.56 Å². The number of sulfonamides is 1. The molecule has 7 heteroatoms. The third-order valence-corrected chi connectivity index (χ3v) is 9.31. The van der Waals surface area contributed by atoms with Crippen LogP contribution in [0.2, 0.25) is 18.1 Å². The first-order valence-electron chi connectivity index (χ1n) is 5.86. The molecule has 0 saturated heterocycles. The summed E-state index contributed by atoms with van der Waals surface area (Å²) < 4.78 is 29.6. The Morgan fingerprint density at radius 2 is 1.79 bits per heavy atom. The third-order valence-electron chi connectivity index (χ3n) is 3.40. The largest absolute Gasteiger partial charge is 0.543 e. The quantitative estimate of drug-likeness (QED) is 0.833. The molecular weight excluding hydrogens is 346 g/mol. The molecule has 1 aromatic rings. The molecule has 0 heterocycles. The van der Waals surface area contributed by atoms with Crippen molar-refractivity contribution in [1.82, 2.24) is 0 Å². The third kappa shape index (κ3) is 4.04. The normalized spacial score (nSPS) is 13.4. The van der Waals surface area contributed by atoms with Gasteiger partial charge >= 0.3 is 0 Å². The maximum atomic E-state index is 11.4. The second kappa shape index (κ2) is 5.20. The van der Waals surface area contributed by atoms with Gasteiger partial charge in [-0.1, -0.05) is 20.8 Å². The van der Waals surface area contributed by atoms with Crippen molar-refractivity contribution in [2.24, 2.45) is 5.14 Å². The van der Waals surface area contributed by atoms with Gasteiger partial charge in [0, 0.05) is 0 Å². The second-order valence-corrected chi connectivity index (χ2v) is 13.1. The molecule has 0 aromatic heterocycles. The van der Waals surface area contributed by atoms with Crippen LogP contribution in [-0.2, 0) is 10.0 Å². The molecule has 0 spiro atoms. The zero-order chi connectivity index (χ0) is 15.1. The van der Waals surface area contributed by atoms with Crippen molar-refractivity contribution in [1.29, 1.82) is 0 Å². The van der Waals surface area contributed by atoms with Gasteiger partial charge in [0.15, 0.2) is 0 Å². The van der Waals surface area contributed by atoms with E-state index in [-0.39, 0.29) is 9.93 Å². The summed E-state index contributed by atoms with van der Waals surface area (Å²) in [4.78, 5) is 0.0596. The van der Waals surface area contributed by atoms with Gasteiger partial charge in [0.2, 0.25) is 10.0 Å². The summed E-state index contributed by atoms with van der Waals surface area (Å²) in [5.41, 5.74) is 0.